The molecule has 0 bridgehead atoms. The molecule has 0 aliphatic carbocycles. The van der Waals surface area contributed by atoms with Crippen LogP contribution in [0.1, 0.15) is 39.2 Å². The van der Waals surface area contributed by atoms with Gasteiger partial charge in [0.25, 0.3) is 11.8 Å². The standard InChI is InChI=1S/C21H19N3O2/c1-15(16-8-3-2-4-9-16)23-20(25)17-10-7-11-18(14-17)21(26)24-19-12-5-6-13-22-19/h2-15H,1H3,(H,23,25)(H,22,24,26)/t15-/m0/s1. The Morgan fingerprint density at radius 3 is 2.23 bits per heavy atom. The van der Waals surface area contributed by atoms with Gasteiger partial charge in [0.05, 0.1) is 6.04 Å². The van der Waals surface area contributed by atoms with E-state index in [9.17, 15) is 9.59 Å². The molecule has 2 aromatic carbocycles. The van der Waals surface area contributed by atoms with Gasteiger partial charge in [0.1, 0.15) is 5.82 Å². The van der Waals surface area contributed by atoms with Crippen molar-refractivity contribution < 1.29 is 9.59 Å². The Morgan fingerprint density at radius 2 is 1.54 bits per heavy atom. The second-order valence-electron chi connectivity index (χ2n) is 5.86. The van der Waals surface area contributed by atoms with Gasteiger partial charge in [0.15, 0.2) is 0 Å². The van der Waals surface area contributed by atoms with E-state index in [-0.39, 0.29) is 17.9 Å². The lowest BCUT2D eigenvalue weighted by atomic mass is 10.1. The van der Waals surface area contributed by atoms with Gasteiger partial charge in [-0.15, -0.1) is 0 Å². The van der Waals surface area contributed by atoms with Crippen molar-refractivity contribution in [2.45, 2.75) is 13.0 Å². The van der Waals surface area contributed by atoms with Crippen molar-refractivity contribution in [2.75, 3.05) is 5.32 Å². The molecule has 1 heterocycles. The number of amides is 2. The first kappa shape index (κ1) is 17.4. The summed E-state index contributed by atoms with van der Waals surface area (Å²) in [4.78, 5) is 28.9. The molecule has 5 nitrogen and oxygen atoms in total. The summed E-state index contributed by atoms with van der Waals surface area (Å²) in [6.07, 6.45) is 1.60. The minimum atomic E-state index is -0.311. The second-order valence-corrected chi connectivity index (χ2v) is 5.86. The number of carbonyl (C=O) groups excluding carboxylic acids is 2. The third-order valence-electron chi connectivity index (χ3n) is 3.94. The Hall–Kier alpha value is -3.47. The zero-order valence-electron chi connectivity index (χ0n) is 14.3. The molecule has 0 saturated carbocycles. The van der Waals surface area contributed by atoms with E-state index in [2.05, 4.69) is 15.6 Å². The molecule has 26 heavy (non-hydrogen) atoms. The fourth-order valence-corrected chi connectivity index (χ4v) is 2.53. The monoisotopic (exact) mass is 345 g/mol. The number of rotatable bonds is 5. The predicted octanol–water partition coefficient (Wildman–Crippen LogP) is 3.82. The summed E-state index contributed by atoms with van der Waals surface area (Å²) >= 11 is 0. The molecule has 1 aromatic heterocycles. The molecule has 130 valence electrons. The lowest BCUT2D eigenvalue weighted by molar-refractivity contribution is 0.0940. The van der Waals surface area contributed by atoms with Crippen molar-refractivity contribution in [1.82, 2.24) is 10.3 Å². The van der Waals surface area contributed by atoms with E-state index in [1.54, 1.807) is 48.7 Å². The molecular formula is C21H19N3O2. The molecular weight excluding hydrogens is 326 g/mol. The molecule has 0 fully saturated rings. The van der Waals surface area contributed by atoms with Gasteiger partial charge >= 0.3 is 0 Å². The zero-order chi connectivity index (χ0) is 18.4. The van der Waals surface area contributed by atoms with Crippen LogP contribution in [-0.4, -0.2) is 16.8 Å². The maximum atomic E-state index is 12.5. The molecule has 0 aliphatic heterocycles. The Morgan fingerprint density at radius 1 is 0.846 bits per heavy atom. The van der Waals surface area contributed by atoms with Gasteiger partial charge in [0.2, 0.25) is 0 Å². The van der Waals surface area contributed by atoms with Gasteiger partial charge in [-0.25, -0.2) is 4.98 Å². The molecule has 0 spiro atoms. The SMILES string of the molecule is C[C@H](NC(=O)c1cccc(C(=O)Nc2ccccn2)c1)c1ccccc1. The van der Waals surface area contributed by atoms with Gasteiger partial charge in [-0.05, 0) is 42.8 Å². The maximum absolute atomic E-state index is 12.5. The van der Waals surface area contributed by atoms with Crippen LogP contribution in [0.2, 0.25) is 0 Å². The number of nitrogens with zero attached hydrogens (tertiary/aromatic N) is 1. The molecule has 2 amide bonds. The minimum absolute atomic E-state index is 0.130. The van der Waals surface area contributed by atoms with Gasteiger partial charge < -0.3 is 10.6 Å². The number of benzene rings is 2. The van der Waals surface area contributed by atoms with Crippen LogP contribution in [0.25, 0.3) is 0 Å². The van der Waals surface area contributed by atoms with Crippen LogP contribution < -0.4 is 10.6 Å². The highest BCUT2D eigenvalue weighted by molar-refractivity contribution is 6.05. The molecule has 0 radical (unpaired) electrons. The van der Waals surface area contributed by atoms with E-state index in [4.69, 9.17) is 0 Å². The third kappa shape index (κ3) is 4.33. The van der Waals surface area contributed by atoms with Crippen LogP contribution in [0.3, 0.4) is 0 Å². The number of hydrogen-bond donors (Lipinski definition) is 2. The number of aromatic nitrogens is 1. The van der Waals surface area contributed by atoms with E-state index in [1.165, 1.54) is 0 Å². The minimum Gasteiger partial charge on any atom is -0.346 e. The van der Waals surface area contributed by atoms with E-state index in [0.717, 1.165) is 5.56 Å². The maximum Gasteiger partial charge on any atom is 0.256 e. The first-order valence-electron chi connectivity index (χ1n) is 8.32. The van der Waals surface area contributed by atoms with E-state index < -0.39 is 0 Å². The molecule has 0 saturated heterocycles. The lowest BCUT2D eigenvalue weighted by Gasteiger charge is -2.14. The normalized spacial score (nSPS) is 11.4. The topological polar surface area (TPSA) is 71.1 Å². The van der Waals surface area contributed by atoms with Gasteiger partial charge in [-0.1, -0.05) is 42.5 Å². The summed E-state index contributed by atoms with van der Waals surface area (Å²) in [6.45, 7) is 1.92. The lowest BCUT2D eigenvalue weighted by Crippen LogP contribution is -2.27. The Balaban J connectivity index is 1.70. The fraction of sp³-hybridized carbons (Fsp3) is 0.0952. The van der Waals surface area contributed by atoms with E-state index >= 15 is 0 Å². The Kier molecular flexibility index (Phi) is 5.39. The van der Waals surface area contributed by atoms with Crippen LogP contribution in [-0.2, 0) is 0 Å². The number of nitrogens with one attached hydrogen (secondary N) is 2. The summed E-state index contributed by atoms with van der Waals surface area (Å²) in [5.41, 5.74) is 1.85. The molecule has 3 rings (SSSR count). The summed E-state index contributed by atoms with van der Waals surface area (Å²) in [5, 5.41) is 5.65. The molecule has 1 atom stereocenters. The highest BCUT2D eigenvalue weighted by Crippen LogP contribution is 2.14. The fourth-order valence-electron chi connectivity index (χ4n) is 2.53. The highest BCUT2D eigenvalue weighted by atomic mass is 16.2. The average Bonchev–Trinajstić information content (AvgIpc) is 2.69. The number of anilines is 1. The summed E-state index contributed by atoms with van der Waals surface area (Å²) in [5.74, 6) is -0.0756. The Bertz CT molecular complexity index is 895. The van der Waals surface area contributed by atoms with Crippen molar-refractivity contribution in [1.29, 1.82) is 0 Å². The summed E-state index contributed by atoms with van der Waals surface area (Å²) in [7, 11) is 0. The number of hydrogen-bond acceptors (Lipinski definition) is 3. The van der Waals surface area contributed by atoms with Crippen LogP contribution in [0.15, 0.2) is 79.0 Å². The predicted molar refractivity (Wildman–Crippen MR) is 101 cm³/mol. The van der Waals surface area contributed by atoms with Crippen LogP contribution >= 0.6 is 0 Å². The summed E-state index contributed by atoms with van der Waals surface area (Å²) < 4.78 is 0. The number of pyridine rings is 1. The zero-order valence-corrected chi connectivity index (χ0v) is 14.3. The van der Waals surface area contributed by atoms with Crippen molar-refractivity contribution in [3.63, 3.8) is 0 Å². The van der Waals surface area contributed by atoms with Crippen LogP contribution in [0.4, 0.5) is 5.82 Å². The van der Waals surface area contributed by atoms with Gasteiger partial charge in [-0.2, -0.15) is 0 Å². The second kappa shape index (κ2) is 8.07. The molecule has 5 heteroatoms. The van der Waals surface area contributed by atoms with Crippen molar-refractivity contribution in [3.05, 3.63) is 95.7 Å². The highest BCUT2D eigenvalue weighted by Gasteiger charge is 2.14. The first-order valence-corrected chi connectivity index (χ1v) is 8.32. The largest absolute Gasteiger partial charge is 0.346 e. The third-order valence-corrected chi connectivity index (χ3v) is 3.94. The van der Waals surface area contributed by atoms with Crippen molar-refractivity contribution >= 4 is 17.6 Å². The van der Waals surface area contributed by atoms with Crippen LogP contribution in [0.5, 0.6) is 0 Å². The van der Waals surface area contributed by atoms with Crippen LogP contribution in [0, 0.1) is 0 Å². The summed E-state index contributed by atoms with van der Waals surface area (Å²) in [6, 6.07) is 21.5. The average molecular weight is 345 g/mol. The molecule has 0 aliphatic rings. The quantitative estimate of drug-likeness (QED) is 0.738. The van der Waals surface area contributed by atoms with Crippen molar-refractivity contribution in [3.8, 4) is 0 Å². The molecule has 2 N–H and O–H groups in total. The van der Waals surface area contributed by atoms with E-state index in [1.807, 2.05) is 37.3 Å². The van der Waals surface area contributed by atoms with Gasteiger partial charge in [0, 0.05) is 17.3 Å². The van der Waals surface area contributed by atoms with Gasteiger partial charge in [-0.3, -0.25) is 9.59 Å². The first-order chi connectivity index (χ1) is 12.6. The Labute approximate surface area is 152 Å². The van der Waals surface area contributed by atoms with Crippen molar-refractivity contribution in [2.24, 2.45) is 0 Å². The molecule has 0 unspecified atom stereocenters. The smallest absolute Gasteiger partial charge is 0.256 e. The van der Waals surface area contributed by atoms with E-state index in [0.29, 0.717) is 16.9 Å². The number of carbonyl (C=O) groups is 2. The molecule has 3 aromatic rings.